The van der Waals surface area contributed by atoms with Gasteiger partial charge in [-0.05, 0) is 31.0 Å². The molecule has 1 aromatic rings. The number of phenolic OH excluding ortho intramolecular Hbond substituents is 1. The van der Waals surface area contributed by atoms with E-state index in [9.17, 15) is 14.3 Å². The van der Waals surface area contributed by atoms with Crippen molar-refractivity contribution in [1.29, 1.82) is 0 Å². The van der Waals surface area contributed by atoms with Crippen LogP contribution in [0.4, 0.5) is 4.39 Å². The van der Waals surface area contributed by atoms with Crippen LogP contribution in [0, 0.1) is 5.82 Å². The Hall–Kier alpha value is -2.31. The summed E-state index contributed by atoms with van der Waals surface area (Å²) in [6.07, 6.45) is 1.25. The molecule has 1 heterocycles. The molecule has 0 aliphatic carbocycles. The van der Waals surface area contributed by atoms with Crippen molar-refractivity contribution in [3.8, 4) is 5.75 Å². The lowest BCUT2D eigenvalue weighted by atomic mass is 10.1. The number of phenols is 1. The number of guanidine groups is 1. The minimum atomic E-state index is -0.652. The molecule has 1 fully saturated rings. The van der Waals surface area contributed by atoms with Crippen LogP contribution in [0.5, 0.6) is 5.75 Å². The Morgan fingerprint density at radius 2 is 2.36 bits per heavy atom. The number of hydrogen-bond donors (Lipinski definition) is 4. The molecule has 0 saturated carbocycles. The summed E-state index contributed by atoms with van der Waals surface area (Å²) in [4.78, 5) is 15.6. The number of benzene rings is 1. The van der Waals surface area contributed by atoms with Gasteiger partial charge in [-0.1, -0.05) is 6.07 Å². The van der Waals surface area contributed by atoms with Crippen molar-refractivity contribution >= 4 is 11.9 Å². The summed E-state index contributed by atoms with van der Waals surface area (Å²) in [5.74, 6) is -0.326. The minimum Gasteiger partial charge on any atom is -0.505 e. The standard InChI is InChI=1S/C15H21FN4O2/c1-2-17-15(20-11-4-6-14(22)18-9-11)19-8-10-3-5-13(21)12(16)7-10/h3,5,7,11,21H,2,4,6,8-9H2,1H3,(H,18,22)(H2,17,19,20). The maximum atomic E-state index is 13.3. The van der Waals surface area contributed by atoms with Crippen LogP contribution in [0.3, 0.4) is 0 Å². The number of halogens is 1. The van der Waals surface area contributed by atoms with Crippen molar-refractivity contribution in [3.05, 3.63) is 29.6 Å². The summed E-state index contributed by atoms with van der Waals surface area (Å²) in [6, 6.07) is 4.35. The molecule has 1 aliphatic rings. The lowest BCUT2D eigenvalue weighted by Crippen LogP contribution is -2.51. The second kappa shape index (κ2) is 7.63. The molecular weight excluding hydrogens is 287 g/mol. The average Bonchev–Trinajstić information content (AvgIpc) is 2.50. The third-order valence-electron chi connectivity index (χ3n) is 3.38. The van der Waals surface area contributed by atoms with E-state index in [1.165, 1.54) is 12.1 Å². The van der Waals surface area contributed by atoms with Crippen molar-refractivity contribution < 1.29 is 14.3 Å². The van der Waals surface area contributed by atoms with Gasteiger partial charge in [-0.2, -0.15) is 0 Å². The molecule has 22 heavy (non-hydrogen) atoms. The zero-order valence-electron chi connectivity index (χ0n) is 12.5. The van der Waals surface area contributed by atoms with E-state index < -0.39 is 5.82 Å². The molecule has 2 rings (SSSR count). The largest absolute Gasteiger partial charge is 0.505 e. The van der Waals surface area contributed by atoms with Gasteiger partial charge in [0.25, 0.3) is 0 Å². The number of nitrogens with zero attached hydrogens (tertiary/aromatic N) is 1. The number of carbonyl (C=O) groups excluding carboxylic acids is 1. The molecule has 1 aliphatic heterocycles. The number of nitrogens with one attached hydrogen (secondary N) is 3. The van der Waals surface area contributed by atoms with Gasteiger partial charge in [0.2, 0.25) is 5.91 Å². The molecule has 1 aromatic carbocycles. The SMILES string of the molecule is CCNC(=NCc1ccc(O)c(F)c1)NC1CCC(=O)NC1. The third kappa shape index (κ3) is 4.61. The monoisotopic (exact) mass is 308 g/mol. The topological polar surface area (TPSA) is 85.8 Å². The van der Waals surface area contributed by atoms with E-state index in [-0.39, 0.29) is 17.7 Å². The van der Waals surface area contributed by atoms with Crippen LogP contribution in [0.1, 0.15) is 25.3 Å². The Morgan fingerprint density at radius 3 is 3.00 bits per heavy atom. The molecule has 6 nitrogen and oxygen atoms in total. The molecule has 4 N–H and O–H groups in total. The van der Waals surface area contributed by atoms with Crippen molar-refractivity contribution in [2.75, 3.05) is 13.1 Å². The summed E-state index contributed by atoms with van der Waals surface area (Å²) in [5, 5.41) is 18.4. The predicted octanol–water partition coefficient (Wildman–Crippen LogP) is 0.865. The first-order chi connectivity index (χ1) is 10.6. The minimum absolute atomic E-state index is 0.0690. The molecule has 0 spiro atoms. The van der Waals surface area contributed by atoms with E-state index in [0.29, 0.717) is 37.6 Å². The van der Waals surface area contributed by atoms with Crippen LogP contribution in [-0.2, 0) is 11.3 Å². The van der Waals surface area contributed by atoms with E-state index in [4.69, 9.17) is 0 Å². The molecule has 1 saturated heterocycles. The highest BCUT2D eigenvalue weighted by Crippen LogP contribution is 2.16. The second-order valence-electron chi connectivity index (χ2n) is 5.16. The molecule has 1 unspecified atom stereocenters. The summed E-state index contributed by atoms with van der Waals surface area (Å²) in [6.45, 7) is 3.53. The number of piperidine rings is 1. The molecule has 0 bridgehead atoms. The molecule has 0 radical (unpaired) electrons. The van der Waals surface area contributed by atoms with Gasteiger partial charge in [0.05, 0.1) is 6.54 Å². The van der Waals surface area contributed by atoms with Crippen LogP contribution in [0.25, 0.3) is 0 Å². The molecule has 1 amide bonds. The van der Waals surface area contributed by atoms with Crippen molar-refractivity contribution in [1.82, 2.24) is 16.0 Å². The predicted molar refractivity (Wildman–Crippen MR) is 82.0 cm³/mol. The van der Waals surface area contributed by atoms with Crippen molar-refractivity contribution in [2.45, 2.75) is 32.4 Å². The van der Waals surface area contributed by atoms with Crippen molar-refractivity contribution in [2.24, 2.45) is 4.99 Å². The number of amides is 1. The number of aromatic hydroxyl groups is 1. The van der Waals surface area contributed by atoms with E-state index in [0.717, 1.165) is 6.42 Å². The summed E-state index contributed by atoms with van der Waals surface area (Å²) in [7, 11) is 0. The van der Waals surface area contributed by atoms with E-state index in [1.807, 2.05) is 6.92 Å². The van der Waals surface area contributed by atoms with Crippen molar-refractivity contribution in [3.63, 3.8) is 0 Å². The smallest absolute Gasteiger partial charge is 0.220 e. The van der Waals surface area contributed by atoms with E-state index in [2.05, 4.69) is 20.9 Å². The Balaban J connectivity index is 1.97. The molecule has 120 valence electrons. The normalized spacial score (nSPS) is 18.7. The first kappa shape index (κ1) is 16.1. The molecular formula is C15H21FN4O2. The Kier molecular flexibility index (Phi) is 5.57. The molecule has 7 heteroatoms. The van der Waals surface area contributed by atoms with Gasteiger partial charge in [0.1, 0.15) is 0 Å². The summed E-state index contributed by atoms with van der Waals surface area (Å²) in [5.41, 5.74) is 0.671. The first-order valence-electron chi connectivity index (χ1n) is 7.37. The fourth-order valence-electron chi connectivity index (χ4n) is 2.19. The van der Waals surface area contributed by atoms with Gasteiger partial charge in [0.15, 0.2) is 17.5 Å². The van der Waals surface area contributed by atoms with E-state index >= 15 is 0 Å². The Bertz CT molecular complexity index is 552. The van der Waals surface area contributed by atoms with Crippen LogP contribution < -0.4 is 16.0 Å². The average molecular weight is 308 g/mol. The van der Waals surface area contributed by atoms with Crippen LogP contribution in [0.2, 0.25) is 0 Å². The number of carbonyl (C=O) groups is 1. The number of rotatable bonds is 4. The zero-order chi connectivity index (χ0) is 15.9. The van der Waals surface area contributed by atoms with E-state index in [1.54, 1.807) is 6.07 Å². The summed E-state index contributed by atoms with van der Waals surface area (Å²) < 4.78 is 13.3. The second-order valence-corrected chi connectivity index (χ2v) is 5.16. The lowest BCUT2D eigenvalue weighted by molar-refractivity contribution is -0.122. The number of aliphatic imine (C=N–C) groups is 1. The summed E-state index contributed by atoms with van der Waals surface area (Å²) >= 11 is 0. The Morgan fingerprint density at radius 1 is 1.55 bits per heavy atom. The zero-order valence-corrected chi connectivity index (χ0v) is 12.5. The number of hydrogen-bond acceptors (Lipinski definition) is 3. The Labute approximate surface area is 128 Å². The van der Waals surface area contributed by atoms with Gasteiger partial charge < -0.3 is 21.1 Å². The third-order valence-corrected chi connectivity index (χ3v) is 3.38. The van der Waals surface area contributed by atoms with Crippen LogP contribution >= 0.6 is 0 Å². The quantitative estimate of drug-likeness (QED) is 0.491. The van der Waals surface area contributed by atoms with Gasteiger partial charge in [0, 0.05) is 25.6 Å². The van der Waals surface area contributed by atoms with Gasteiger partial charge in [-0.25, -0.2) is 9.38 Å². The van der Waals surface area contributed by atoms with Crippen LogP contribution in [0.15, 0.2) is 23.2 Å². The maximum absolute atomic E-state index is 13.3. The first-order valence-corrected chi connectivity index (χ1v) is 7.37. The molecule has 0 aromatic heterocycles. The highest BCUT2D eigenvalue weighted by molar-refractivity contribution is 5.81. The fraction of sp³-hybridized carbons (Fsp3) is 0.467. The molecule has 1 atom stereocenters. The highest BCUT2D eigenvalue weighted by Gasteiger charge is 2.18. The van der Waals surface area contributed by atoms with Gasteiger partial charge in [-0.15, -0.1) is 0 Å². The van der Waals surface area contributed by atoms with Gasteiger partial charge in [-0.3, -0.25) is 4.79 Å². The maximum Gasteiger partial charge on any atom is 0.220 e. The highest BCUT2D eigenvalue weighted by atomic mass is 19.1. The van der Waals surface area contributed by atoms with Gasteiger partial charge >= 0.3 is 0 Å². The lowest BCUT2D eigenvalue weighted by Gasteiger charge is -2.25. The van der Waals surface area contributed by atoms with Crippen LogP contribution in [-0.4, -0.2) is 36.1 Å². The fourth-order valence-corrected chi connectivity index (χ4v) is 2.19.